The average Bonchev–Trinajstić information content (AvgIpc) is 4.00. The molecule has 72 heavy (non-hydrogen) atoms. The van der Waals surface area contributed by atoms with Gasteiger partial charge in [-0.15, -0.1) is 0 Å². The molecule has 6 aromatic carbocycles. The first kappa shape index (κ1) is 47.9. The fourth-order valence-electron chi connectivity index (χ4n) is 9.62. The minimum atomic E-state index is -3.56. The van der Waals surface area contributed by atoms with E-state index in [2.05, 4.69) is 79.4 Å². The topological polar surface area (TPSA) is 178 Å². The molecule has 14 nitrogen and oxygen atoms in total. The van der Waals surface area contributed by atoms with Crippen LogP contribution in [-0.2, 0) is 9.84 Å². The molecule has 4 heterocycles. The second-order valence-corrected chi connectivity index (χ2v) is 20.4. The highest BCUT2D eigenvalue weighted by atomic mass is 32.2. The van der Waals surface area contributed by atoms with Gasteiger partial charge in [0, 0.05) is 54.0 Å². The summed E-state index contributed by atoms with van der Waals surface area (Å²) in [5, 5.41) is 7.91. The maximum absolute atomic E-state index is 12.0. The minimum absolute atomic E-state index is 0.232. The van der Waals surface area contributed by atoms with Crippen LogP contribution in [0.25, 0.3) is 78.0 Å². The largest absolute Gasteiger partial charge is 0.497 e. The Morgan fingerprint density at radius 1 is 0.542 bits per heavy atom. The van der Waals surface area contributed by atoms with E-state index in [0.29, 0.717) is 40.9 Å². The number of anilines is 1. The number of hydrogen-bond acceptors (Lipinski definition) is 12. The van der Waals surface area contributed by atoms with Crippen LogP contribution in [0.5, 0.6) is 11.5 Å². The normalized spacial score (nSPS) is 14.4. The molecule has 2 aliphatic rings. The number of nitrogens with one attached hydrogen (secondary N) is 1. The van der Waals surface area contributed by atoms with Gasteiger partial charge in [-0.2, -0.15) is 4.98 Å². The lowest BCUT2D eigenvalue weighted by Gasteiger charge is -2.22. The molecule has 15 heteroatoms. The third-order valence-electron chi connectivity index (χ3n) is 13.4. The molecule has 0 radical (unpaired) electrons. The lowest BCUT2D eigenvalue weighted by atomic mass is 9.96. The van der Waals surface area contributed by atoms with Gasteiger partial charge in [0.05, 0.1) is 36.3 Å². The Morgan fingerprint density at radius 3 is 1.51 bits per heavy atom. The van der Waals surface area contributed by atoms with E-state index in [4.69, 9.17) is 30.2 Å². The molecule has 4 aromatic heterocycles. The van der Waals surface area contributed by atoms with E-state index in [1.165, 1.54) is 81.2 Å². The van der Waals surface area contributed by atoms with Crippen molar-refractivity contribution in [3.8, 4) is 45.9 Å². The fourth-order valence-corrected chi connectivity index (χ4v) is 10.1. The Balaban J connectivity index is 0.000000146. The predicted octanol–water partition coefficient (Wildman–Crippen LogP) is 11.7. The van der Waals surface area contributed by atoms with Crippen molar-refractivity contribution in [2.24, 2.45) is 5.73 Å². The zero-order valence-corrected chi connectivity index (χ0v) is 41.6. The Bertz CT molecular complexity index is 3640. The summed E-state index contributed by atoms with van der Waals surface area (Å²) in [7, 11) is -0.284. The number of sulfone groups is 1. The Kier molecular flexibility index (Phi) is 14.2. The van der Waals surface area contributed by atoms with Gasteiger partial charge in [-0.3, -0.25) is 9.13 Å². The first-order valence-corrected chi connectivity index (χ1v) is 26.5. The number of benzene rings is 6. The summed E-state index contributed by atoms with van der Waals surface area (Å²) in [5.41, 5.74) is 10.9. The number of imidazole rings is 2. The van der Waals surface area contributed by atoms with Gasteiger partial charge in [-0.1, -0.05) is 111 Å². The molecule has 3 N–H and O–H groups in total. The SMILES string of the molecule is COc1ccc2c(c1)nc(-c1ccc3ccccc3c1)n2-c1ccnc(NC2CCCCC2)n1.COc1ccc2c(c1)nc(-c1ccc3ccccc3c1)n2-c1ccnc(S(C)(=O)=O)n1.NC1CCCCC1. The zero-order chi connectivity index (χ0) is 49.6. The van der Waals surface area contributed by atoms with E-state index in [0.717, 1.165) is 62.1 Å². The van der Waals surface area contributed by atoms with Crippen molar-refractivity contribution in [2.45, 2.75) is 81.4 Å². The van der Waals surface area contributed by atoms with Crippen molar-refractivity contribution in [2.75, 3.05) is 25.8 Å². The van der Waals surface area contributed by atoms with Gasteiger partial charge in [-0.05, 0) is 95.8 Å². The second-order valence-electron chi connectivity index (χ2n) is 18.5. The molecule has 0 spiro atoms. The van der Waals surface area contributed by atoms with E-state index in [9.17, 15) is 8.42 Å². The summed E-state index contributed by atoms with van der Waals surface area (Å²) in [6, 6.07) is 45.1. The monoisotopic (exact) mass is 978 g/mol. The molecule has 0 atom stereocenters. The summed E-state index contributed by atoms with van der Waals surface area (Å²) in [5.74, 6) is 4.84. The highest BCUT2D eigenvalue weighted by Gasteiger charge is 2.21. The summed E-state index contributed by atoms with van der Waals surface area (Å²) in [6.45, 7) is 0. The first-order valence-electron chi connectivity index (χ1n) is 24.6. The number of methoxy groups -OCH3 is 2. The fraction of sp³-hybridized carbons (Fsp3) is 0.263. The van der Waals surface area contributed by atoms with Crippen LogP contribution >= 0.6 is 0 Å². The summed E-state index contributed by atoms with van der Waals surface area (Å²) in [6.07, 6.45) is 17.2. The van der Waals surface area contributed by atoms with E-state index >= 15 is 0 Å². The van der Waals surface area contributed by atoms with E-state index in [-0.39, 0.29) is 5.16 Å². The van der Waals surface area contributed by atoms with Crippen LogP contribution in [0.1, 0.15) is 64.2 Å². The van der Waals surface area contributed by atoms with Gasteiger partial charge < -0.3 is 20.5 Å². The van der Waals surface area contributed by atoms with Gasteiger partial charge in [-0.25, -0.2) is 33.3 Å². The van der Waals surface area contributed by atoms with Crippen molar-refractivity contribution in [3.05, 3.63) is 146 Å². The van der Waals surface area contributed by atoms with E-state index in [1.54, 1.807) is 20.3 Å². The number of rotatable bonds is 9. The van der Waals surface area contributed by atoms with Crippen LogP contribution in [0.2, 0.25) is 0 Å². The molecule has 0 saturated heterocycles. The van der Waals surface area contributed by atoms with Gasteiger partial charge >= 0.3 is 0 Å². The summed E-state index contributed by atoms with van der Waals surface area (Å²) >= 11 is 0. The van der Waals surface area contributed by atoms with Crippen LogP contribution in [0.3, 0.4) is 0 Å². The van der Waals surface area contributed by atoms with Crippen molar-refractivity contribution in [3.63, 3.8) is 0 Å². The molecule has 0 bridgehead atoms. The van der Waals surface area contributed by atoms with Crippen LogP contribution in [0.4, 0.5) is 5.95 Å². The van der Waals surface area contributed by atoms with Gasteiger partial charge in [0.1, 0.15) is 34.8 Å². The number of hydrogen-bond donors (Lipinski definition) is 2. The first-order chi connectivity index (χ1) is 35.1. The summed E-state index contributed by atoms with van der Waals surface area (Å²) < 4.78 is 38.8. The molecule has 0 aliphatic heterocycles. The smallest absolute Gasteiger partial charge is 0.248 e. The third kappa shape index (κ3) is 10.6. The van der Waals surface area contributed by atoms with Gasteiger partial charge in [0.2, 0.25) is 20.9 Å². The van der Waals surface area contributed by atoms with E-state index in [1.807, 2.05) is 83.6 Å². The zero-order valence-electron chi connectivity index (χ0n) is 40.8. The maximum atomic E-state index is 12.0. The predicted molar refractivity (Wildman–Crippen MR) is 287 cm³/mol. The maximum Gasteiger partial charge on any atom is 0.248 e. The number of ether oxygens (including phenoxy) is 2. The molecular weight excluding hydrogens is 921 g/mol. The standard InChI is InChI=1S/C28H27N5O.C23H18N4O3S.C6H13N/c1-34-23-13-14-25-24(18-23)31-27(21-12-11-19-7-5-6-8-20(19)17-21)33(25)26-15-16-29-28(32-26)30-22-9-3-2-4-10-22;1-30-18-9-10-20-19(14-18)25-22(17-8-7-15-5-3-4-6-16(15)13-17)27(20)21-11-12-24-23(26-21)31(2,28)29;7-6-4-2-1-3-5-6/h5-8,11-18,22H,2-4,9-10H2,1H3,(H,29,30,32);3-14H,1-2H3;6H,1-5,7H2. The van der Waals surface area contributed by atoms with Crippen LogP contribution in [-0.4, -0.2) is 80.0 Å². The number of nitrogens with two attached hydrogens (primary N) is 1. The number of fused-ring (bicyclic) bond motifs is 4. The molecule has 2 aliphatic carbocycles. The quantitative estimate of drug-likeness (QED) is 0.131. The number of nitrogens with zero attached hydrogens (tertiary/aromatic N) is 8. The Labute approximate surface area is 419 Å². The average molecular weight is 979 g/mol. The van der Waals surface area contributed by atoms with Crippen molar-refractivity contribution in [1.29, 1.82) is 0 Å². The van der Waals surface area contributed by atoms with E-state index < -0.39 is 9.84 Å². The van der Waals surface area contributed by atoms with Crippen molar-refractivity contribution in [1.82, 2.24) is 39.0 Å². The molecule has 2 saturated carbocycles. The van der Waals surface area contributed by atoms with Crippen LogP contribution in [0.15, 0.2) is 151 Å². The molecule has 0 amide bonds. The Morgan fingerprint density at radius 2 is 1.03 bits per heavy atom. The molecule has 0 unspecified atom stereocenters. The molecule has 366 valence electrons. The lowest BCUT2D eigenvalue weighted by molar-refractivity contribution is 0.415. The van der Waals surface area contributed by atoms with Crippen molar-refractivity contribution >= 4 is 59.4 Å². The second kappa shape index (κ2) is 21.3. The van der Waals surface area contributed by atoms with Gasteiger partial charge in [0.15, 0.2) is 0 Å². The third-order valence-corrected chi connectivity index (χ3v) is 14.2. The van der Waals surface area contributed by atoms with Crippen LogP contribution in [0, 0.1) is 0 Å². The highest BCUT2D eigenvalue weighted by Crippen LogP contribution is 2.34. The number of aromatic nitrogens is 8. The minimum Gasteiger partial charge on any atom is -0.497 e. The van der Waals surface area contributed by atoms with Gasteiger partial charge in [0.25, 0.3) is 0 Å². The molecule has 12 rings (SSSR count). The molecule has 2 fully saturated rings. The lowest BCUT2D eigenvalue weighted by Crippen LogP contribution is -2.23. The Hall–Kier alpha value is -7.75. The highest BCUT2D eigenvalue weighted by molar-refractivity contribution is 7.90. The summed E-state index contributed by atoms with van der Waals surface area (Å²) in [4.78, 5) is 27.5. The van der Waals surface area contributed by atoms with Crippen LogP contribution < -0.4 is 20.5 Å². The molecular formula is C57H58N10O4S. The van der Waals surface area contributed by atoms with Crippen molar-refractivity contribution < 1.29 is 17.9 Å². The molecule has 10 aromatic rings.